The molecule has 0 aromatic heterocycles. The number of nitrogens with one attached hydrogen (secondary N) is 2. The maximum absolute atomic E-state index is 11.3. The minimum atomic E-state index is -1.39. The van der Waals surface area contributed by atoms with E-state index >= 15 is 0 Å². The molecular formula is C22H25N5O6. The Balaban J connectivity index is 2.03. The molecule has 3 atom stereocenters. The number of aliphatic hydroxyl groups excluding tert-OH is 1. The molecule has 0 aliphatic carbocycles. The molecule has 0 fully saturated rings. The third-order valence-corrected chi connectivity index (χ3v) is 5.40. The van der Waals surface area contributed by atoms with E-state index in [4.69, 9.17) is 14.2 Å². The molecule has 0 spiro atoms. The molecule has 3 rings (SSSR count). The lowest BCUT2D eigenvalue weighted by Crippen LogP contribution is -2.62. The van der Waals surface area contributed by atoms with E-state index in [0.717, 1.165) is 5.56 Å². The van der Waals surface area contributed by atoms with E-state index in [1.807, 2.05) is 36.5 Å². The SMILES string of the molecule is COC(OC)[C@]1(C)Oc2ccc([N+](=O)[O-])cc2C(NC(=NCc2ccccc2)NC#N)C1O. The monoisotopic (exact) mass is 455 g/mol. The number of methoxy groups -OCH3 is 2. The first-order chi connectivity index (χ1) is 15.8. The summed E-state index contributed by atoms with van der Waals surface area (Å²) in [4.78, 5) is 15.2. The standard InChI is InChI=1S/C22H25N5O6/c1-22(20(31-2)32-3)19(28)18(16-11-15(27(29)30)9-10-17(16)33-22)26-21(25-13-23)24-12-14-7-5-4-6-8-14/h4-11,18-20,28H,12H2,1-3H3,(H2,24,25,26)/t18?,19?,22-/m1/s1. The smallest absolute Gasteiger partial charge is 0.270 e. The Morgan fingerprint density at radius 3 is 2.64 bits per heavy atom. The predicted molar refractivity (Wildman–Crippen MR) is 118 cm³/mol. The molecule has 11 nitrogen and oxygen atoms in total. The van der Waals surface area contributed by atoms with Crippen LogP contribution in [0.4, 0.5) is 5.69 Å². The zero-order chi connectivity index (χ0) is 24.0. The lowest BCUT2D eigenvalue weighted by molar-refractivity contribution is -0.385. The summed E-state index contributed by atoms with van der Waals surface area (Å²) in [5.41, 5.74) is -0.330. The number of aliphatic imine (C=N–C) groups is 1. The number of rotatable bonds is 7. The van der Waals surface area contributed by atoms with Crippen LogP contribution < -0.4 is 15.4 Å². The van der Waals surface area contributed by atoms with Crippen LogP contribution in [0.25, 0.3) is 0 Å². The molecule has 0 saturated carbocycles. The van der Waals surface area contributed by atoms with Crippen LogP contribution in [0.2, 0.25) is 0 Å². The molecule has 11 heteroatoms. The Kier molecular flexibility index (Phi) is 7.44. The first-order valence-corrected chi connectivity index (χ1v) is 10.0. The first kappa shape index (κ1) is 23.9. The Morgan fingerprint density at radius 1 is 1.33 bits per heavy atom. The number of nitrogens with zero attached hydrogens (tertiary/aromatic N) is 3. The van der Waals surface area contributed by atoms with Crippen molar-refractivity contribution in [2.24, 2.45) is 4.99 Å². The number of fused-ring (bicyclic) bond motifs is 1. The molecule has 0 saturated heterocycles. The minimum absolute atomic E-state index is 0.0819. The van der Waals surface area contributed by atoms with Gasteiger partial charge in [-0.25, -0.2) is 4.99 Å². The van der Waals surface area contributed by atoms with Crippen molar-refractivity contribution in [1.29, 1.82) is 5.26 Å². The summed E-state index contributed by atoms with van der Waals surface area (Å²) in [6.07, 6.45) is -0.456. The number of hydrogen-bond acceptors (Lipinski definition) is 8. The summed E-state index contributed by atoms with van der Waals surface area (Å²) < 4.78 is 16.7. The van der Waals surface area contributed by atoms with Gasteiger partial charge in [0.15, 0.2) is 18.1 Å². The molecule has 2 unspecified atom stereocenters. The average molecular weight is 455 g/mol. The third kappa shape index (κ3) is 5.04. The van der Waals surface area contributed by atoms with Crippen molar-refractivity contribution < 1.29 is 24.2 Å². The topological polar surface area (TPSA) is 151 Å². The fourth-order valence-electron chi connectivity index (χ4n) is 3.77. The van der Waals surface area contributed by atoms with Crippen molar-refractivity contribution in [2.45, 2.75) is 37.5 Å². The number of benzene rings is 2. The van der Waals surface area contributed by atoms with Gasteiger partial charge in [-0.1, -0.05) is 30.3 Å². The highest BCUT2D eigenvalue weighted by Crippen LogP contribution is 2.43. The van der Waals surface area contributed by atoms with Crippen LogP contribution in [0.5, 0.6) is 5.75 Å². The van der Waals surface area contributed by atoms with Crippen LogP contribution in [0.15, 0.2) is 53.5 Å². The molecule has 0 bridgehead atoms. The summed E-state index contributed by atoms with van der Waals surface area (Å²) in [5, 5.41) is 37.4. The molecule has 2 aromatic carbocycles. The highest BCUT2D eigenvalue weighted by molar-refractivity contribution is 5.82. The number of nitro groups is 1. The van der Waals surface area contributed by atoms with Crippen LogP contribution in [0, 0.1) is 21.6 Å². The molecule has 3 N–H and O–H groups in total. The van der Waals surface area contributed by atoms with Gasteiger partial charge in [0.2, 0.25) is 5.96 Å². The van der Waals surface area contributed by atoms with E-state index in [0.29, 0.717) is 11.3 Å². The molecular weight excluding hydrogens is 430 g/mol. The number of nitro benzene ring substituents is 1. The van der Waals surface area contributed by atoms with Gasteiger partial charge in [-0.2, -0.15) is 5.26 Å². The van der Waals surface area contributed by atoms with Crippen molar-refractivity contribution in [3.63, 3.8) is 0 Å². The van der Waals surface area contributed by atoms with Crippen molar-refractivity contribution in [2.75, 3.05) is 14.2 Å². The van der Waals surface area contributed by atoms with Gasteiger partial charge in [0, 0.05) is 31.9 Å². The zero-order valence-electron chi connectivity index (χ0n) is 18.4. The quantitative estimate of drug-likeness (QED) is 0.108. The maximum atomic E-state index is 11.3. The van der Waals surface area contributed by atoms with Crippen molar-refractivity contribution >= 4 is 11.6 Å². The number of aliphatic hydroxyl groups is 1. The van der Waals surface area contributed by atoms with E-state index < -0.39 is 29.0 Å². The van der Waals surface area contributed by atoms with Gasteiger partial charge in [-0.05, 0) is 18.6 Å². The summed E-state index contributed by atoms with van der Waals surface area (Å²) >= 11 is 0. The summed E-state index contributed by atoms with van der Waals surface area (Å²) in [6, 6.07) is 12.5. The van der Waals surface area contributed by atoms with Gasteiger partial charge in [-0.3, -0.25) is 15.4 Å². The van der Waals surface area contributed by atoms with E-state index in [1.54, 1.807) is 6.92 Å². The Bertz CT molecular complexity index is 1050. The molecule has 0 amide bonds. The first-order valence-electron chi connectivity index (χ1n) is 10.0. The fraction of sp³-hybridized carbons (Fsp3) is 0.364. The third-order valence-electron chi connectivity index (χ3n) is 5.40. The molecule has 0 radical (unpaired) electrons. The lowest BCUT2D eigenvalue weighted by Gasteiger charge is -2.46. The van der Waals surface area contributed by atoms with Gasteiger partial charge >= 0.3 is 0 Å². The molecule has 33 heavy (non-hydrogen) atoms. The molecule has 1 aliphatic heterocycles. The molecule has 2 aromatic rings. The number of hydrogen-bond donors (Lipinski definition) is 3. The van der Waals surface area contributed by atoms with Gasteiger partial charge < -0.3 is 24.6 Å². The zero-order valence-corrected chi connectivity index (χ0v) is 18.4. The summed E-state index contributed by atoms with van der Waals surface area (Å²) in [7, 11) is 2.82. The largest absolute Gasteiger partial charge is 0.479 e. The highest BCUT2D eigenvalue weighted by atomic mass is 16.7. The second-order valence-electron chi connectivity index (χ2n) is 7.52. The number of nitriles is 1. The van der Waals surface area contributed by atoms with Crippen LogP contribution in [0.1, 0.15) is 24.1 Å². The van der Waals surface area contributed by atoms with Crippen LogP contribution in [-0.4, -0.2) is 48.2 Å². The van der Waals surface area contributed by atoms with Crippen LogP contribution in [-0.2, 0) is 16.0 Å². The fourth-order valence-corrected chi connectivity index (χ4v) is 3.77. The second kappa shape index (κ2) is 10.3. The van der Waals surface area contributed by atoms with Crippen molar-refractivity contribution in [1.82, 2.24) is 10.6 Å². The Labute approximate surface area is 190 Å². The number of guanidine groups is 1. The Morgan fingerprint density at radius 2 is 2.03 bits per heavy atom. The van der Waals surface area contributed by atoms with Crippen LogP contribution >= 0.6 is 0 Å². The van der Waals surface area contributed by atoms with Gasteiger partial charge in [0.05, 0.1) is 17.5 Å². The van der Waals surface area contributed by atoms with Gasteiger partial charge in [-0.15, -0.1) is 0 Å². The summed E-state index contributed by atoms with van der Waals surface area (Å²) in [5.74, 6) is 0.378. The molecule has 1 heterocycles. The number of ether oxygens (including phenoxy) is 3. The Hall–Kier alpha value is -3.72. The second-order valence-corrected chi connectivity index (χ2v) is 7.52. The van der Waals surface area contributed by atoms with Gasteiger partial charge in [0.1, 0.15) is 11.9 Å². The lowest BCUT2D eigenvalue weighted by atomic mass is 9.84. The van der Waals surface area contributed by atoms with Crippen LogP contribution in [0.3, 0.4) is 0 Å². The highest BCUT2D eigenvalue weighted by Gasteiger charge is 2.52. The van der Waals surface area contributed by atoms with Crippen molar-refractivity contribution in [3.8, 4) is 11.9 Å². The minimum Gasteiger partial charge on any atom is -0.479 e. The number of non-ortho nitro benzene ring substituents is 1. The normalized spacial score (nSPS) is 22.1. The van der Waals surface area contributed by atoms with E-state index in [9.17, 15) is 20.5 Å². The maximum Gasteiger partial charge on any atom is 0.270 e. The van der Waals surface area contributed by atoms with Gasteiger partial charge in [0.25, 0.3) is 5.69 Å². The predicted octanol–water partition coefficient (Wildman–Crippen LogP) is 1.98. The molecule has 1 aliphatic rings. The van der Waals surface area contributed by atoms with E-state index in [1.165, 1.54) is 32.4 Å². The molecule has 174 valence electrons. The van der Waals surface area contributed by atoms with E-state index in [2.05, 4.69) is 15.6 Å². The summed E-state index contributed by atoms with van der Waals surface area (Å²) in [6.45, 7) is 1.86. The van der Waals surface area contributed by atoms with E-state index in [-0.39, 0.29) is 18.2 Å². The van der Waals surface area contributed by atoms with Crippen molar-refractivity contribution in [3.05, 3.63) is 69.8 Å². The average Bonchev–Trinajstić information content (AvgIpc) is 2.81.